The number of rotatable bonds is 8. The van der Waals surface area contributed by atoms with E-state index >= 15 is 0 Å². The van der Waals surface area contributed by atoms with Gasteiger partial charge in [0.25, 0.3) is 0 Å². The van der Waals surface area contributed by atoms with Crippen LogP contribution in [0.4, 0.5) is 5.69 Å². The Morgan fingerprint density at radius 1 is 1.15 bits per heavy atom. The Morgan fingerprint density at radius 3 is 2.42 bits per heavy atom. The van der Waals surface area contributed by atoms with E-state index in [-0.39, 0.29) is 23.9 Å². The van der Waals surface area contributed by atoms with Crippen molar-refractivity contribution in [3.63, 3.8) is 0 Å². The third kappa shape index (κ3) is 5.31. The predicted molar refractivity (Wildman–Crippen MR) is 102 cm³/mol. The highest BCUT2D eigenvalue weighted by Crippen LogP contribution is 2.17. The van der Waals surface area contributed by atoms with Crippen molar-refractivity contribution in [3.05, 3.63) is 54.1 Å². The first-order valence-electron chi connectivity index (χ1n) is 8.41. The molecule has 1 amide bonds. The molecule has 6 nitrogen and oxygen atoms in total. The average molecular weight is 376 g/mol. The smallest absolute Gasteiger partial charge is 0.240 e. The van der Waals surface area contributed by atoms with Crippen LogP contribution in [0, 0.1) is 6.92 Å². The molecule has 2 aromatic rings. The van der Waals surface area contributed by atoms with Gasteiger partial charge >= 0.3 is 0 Å². The van der Waals surface area contributed by atoms with E-state index in [0.717, 1.165) is 11.3 Å². The van der Waals surface area contributed by atoms with E-state index < -0.39 is 10.0 Å². The predicted octanol–water partition coefficient (Wildman–Crippen LogP) is 2.73. The second-order valence-electron chi connectivity index (χ2n) is 5.81. The summed E-state index contributed by atoms with van der Waals surface area (Å²) in [6, 6.07) is 13.8. The minimum atomic E-state index is -3.65. The summed E-state index contributed by atoms with van der Waals surface area (Å²) in [4.78, 5) is 13.6. The molecule has 0 spiro atoms. The molecule has 0 atom stereocenters. The van der Waals surface area contributed by atoms with Crippen molar-refractivity contribution in [3.8, 4) is 5.75 Å². The van der Waals surface area contributed by atoms with Crippen molar-refractivity contribution in [1.82, 2.24) is 4.72 Å². The van der Waals surface area contributed by atoms with Crippen LogP contribution >= 0.6 is 0 Å². The van der Waals surface area contributed by atoms with Gasteiger partial charge in [-0.25, -0.2) is 13.1 Å². The van der Waals surface area contributed by atoms with E-state index in [2.05, 4.69) is 4.72 Å². The minimum absolute atomic E-state index is 0.114. The van der Waals surface area contributed by atoms with Gasteiger partial charge in [0.15, 0.2) is 0 Å². The van der Waals surface area contributed by atoms with E-state index in [0.29, 0.717) is 12.4 Å². The summed E-state index contributed by atoms with van der Waals surface area (Å²) < 4.78 is 32.6. The Bertz CT molecular complexity index is 848. The molecule has 0 radical (unpaired) electrons. The van der Waals surface area contributed by atoms with Gasteiger partial charge in [-0.3, -0.25) is 4.79 Å². The van der Waals surface area contributed by atoms with Gasteiger partial charge in [-0.15, -0.1) is 0 Å². The molecule has 2 aromatic carbocycles. The van der Waals surface area contributed by atoms with Crippen LogP contribution in [-0.2, 0) is 14.8 Å². The van der Waals surface area contributed by atoms with Gasteiger partial charge in [0.05, 0.1) is 11.5 Å². The van der Waals surface area contributed by atoms with Crippen molar-refractivity contribution in [2.45, 2.75) is 25.7 Å². The zero-order valence-corrected chi connectivity index (χ0v) is 16.0. The number of carbonyl (C=O) groups is 1. The molecule has 0 saturated carbocycles. The van der Waals surface area contributed by atoms with Gasteiger partial charge in [-0.1, -0.05) is 12.1 Å². The minimum Gasteiger partial charge on any atom is -0.494 e. The number of carbonyl (C=O) groups excluding carboxylic acids is 1. The molecular weight excluding hydrogens is 352 g/mol. The zero-order valence-electron chi connectivity index (χ0n) is 15.2. The van der Waals surface area contributed by atoms with Crippen LogP contribution in [0.3, 0.4) is 0 Å². The molecule has 0 bridgehead atoms. The summed E-state index contributed by atoms with van der Waals surface area (Å²) >= 11 is 0. The maximum atomic E-state index is 12.4. The monoisotopic (exact) mass is 376 g/mol. The van der Waals surface area contributed by atoms with Gasteiger partial charge in [0.2, 0.25) is 15.9 Å². The number of aryl methyl sites for hydroxylation is 1. The maximum absolute atomic E-state index is 12.4. The Labute approximate surface area is 154 Å². The summed E-state index contributed by atoms with van der Waals surface area (Å²) in [5, 5.41) is 0. The van der Waals surface area contributed by atoms with Crippen molar-refractivity contribution in [2.24, 2.45) is 0 Å². The standard InChI is InChI=1S/C19H24N2O4S/c1-4-25-18-8-10-19(11-9-18)26(23,24)20-12-13-21(16(3)22)17-7-5-6-15(2)14-17/h5-11,14,20H,4,12-13H2,1-3H3. The Kier molecular flexibility index (Phi) is 6.76. The van der Waals surface area contributed by atoms with E-state index in [9.17, 15) is 13.2 Å². The molecular formula is C19H24N2O4S. The molecule has 0 aliphatic carbocycles. The maximum Gasteiger partial charge on any atom is 0.240 e. The lowest BCUT2D eigenvalue weighted by atomic mass is 10.2. The van der Waals surface area contributed by atoms with Crippen molar-refractivity contribution < 1.29 is 17.9 Å². The first kappa shape index (κ1) is 19.9. The normalized spacial score (nSPS) is 11.2. The van der Waals surface area contributed by atoms with Gasteiger partial charge in [0, 0.05) is 25.7 Å². The van der Waals surface area contributed by atoms with Crippen LogP contribution in [0.1, 0.15) is 19.4 Å². The van der Waals surface area contributed by atoms with Gasteiger partial charge in [0.1, 0.15) is 5.75 Å². The molecule has 7 heteroatoms. The van der Waals surface area contributed by atoms with E-state index in [4.69, 9.17) is 4.74 Å². The first-order chi connectivity index (χ1) is 12.3. The van der Waals surface area contributed by atoms with Crippen molar-refractivity contribution >= 4 is 21.6 Å². The summed E-state index contributed by atoms with van der Waals surface area (Å²) in [5.74, 6) is 0.476. The molecule has 0 aliphatic heterocycles. The highest BCUT2D eigenvalue weighted by Gasteiger charge is 2.16. The van der Waals surface area contributed by atoms with Crippen molar-refractivity contribution in [2.75, 3.05) is 24.6 Å². The van der Waals surface area contributed by atoms with Crippen LogP contribution in [0.5, 0.6) is 5.75 Å². The van der Waals surface area contributed by atoms with Crippen LogP contribution in [-0.4, -0.2) is 34.0 Å². The fraction of sp³-hybridized carbons (Fsp3) is 0.316. The summed E-state index contributed by atoms with van der Waals surface area (Å²) in [5.41, 5.74) is 1.78. The number of hydrogen-bond acceptors (Lipinski definition) is 4. The fourth-order valence-corrected chi connectivity index (χ4v) is 3.54. The van der Waals surface area contributed by atoms with E-state index in [1.54, 1.807) is 17.0 Å². The number of sulfonamides is 1. The van der Waals surface area contributed by atoms with Crippen LogP contribution < -0.4 is 14.4 Å². The number of benzene rings is 2. The molecule has 0 fully saturated rings. The summed E-state index contributed by atoms with van der Waals surface area (Å²) in [6.07, 6.45) is 0. The van der Waals surface area contributed by atoms with Gasteiger partial charge in [-0.2, -0.15) is 0 Å². The second kappa shape index (κ2) is 8.82. The lowest BCUT2D eigenvalue weighted by Gasteiger charge is -2.21. The molecule has 140 valence electrons. The number of nitrogens with one attached hydrogen (secondary N) is 1. The highest BCUT2D eigenvalue weighted by atomic mass is 32.2. The molecule has 0 unspecified atom stereocenters. The lowest BCUT2D eigenvalue weighted by Crippen LogP contribution is -2.37. The SMILES string of the molecule is CCOc1ccc(S(=O)(=O)NCCN(C(C)=O)c2cccc(C)c2)cc1. The molecule has 0 saturated heterocycles. The van der Waals surface area contributed by atoms with Crippen LogP contribution in [0.25, 0.3) is 0 Å². The fourth-order valence-electron chi connectivity index (χ4n) is 2.52. The first-order valence-corrected chi connectivity index (χ1v) is 9.89. The summed E-state index contributed by atoms with van der Waals surface area (Å²) in [6.45, 7) is 6.14. The van der Waals surface area contributed by atoms with E-state index in [1.807, 2.05) is 38.1 Å². The third-order valence-corrected chi connectivity index (χ3v) is 5.24. The molecule has 0 aliphatic rings. The number of amides is 1. The van der Waals surface area contributed by atoms with Gasteiger partial charge in [-0.05, 0) is 55.8 Å². The van der Waals surface area contributed by atoms with Crippen LogP contribution in [0.2, 0.25) is 0 Å². The lowest BCUT2D eigenvalue weighted by molar-refractivity contribution is -0.116. The second-order valence-corrected chi connectivity index (χ2v) is 7.58. The Balaban J connectivity index is 2.02. The highest BCUT2D eigenvalue weighted by molar-refractivity contribution is 7.89. The topological polar surface area (TPSA) is 75.7 Å². The molecule has 0 heterocycles. The number of nitrogens with zero attached hydrogens (tertiary/aromatic N) is 1. The largest absolute Gasteiger partial charge is 0.494 e. The van der Waals surface area contributed by atoms with Gasteiger partial charge < -0.3 is 9.64 Å². The average Bonchev–Trinajstić information content (AvgIpc) is 2.59. The molecule has 1 N–H and O–H groups in total. The zero-order chi connectivity index (χ0) is 19.2. The Morgan fingerprint density at radius 2 is 1.85 bits per heavy atom. The molecule has 0 aromatic heterocycles. The van der Waals surface area contributed by atoms with E-state index in [1.165, 1.54) is 19.1 Å². The quantitative estimate of drug-likeness (QED) is 0.769. The number of anilines is 1. The molecule has 26 heavy (non-hydrogen) atoms. The Hall–Kier alpha value is -2.38. The van der Waals surface area contributed by atoms with Crippen LogP contribution in [0.15, 0.2) is 53.4 Å². The summed E-state index contributed by atoms with van der Waals surface area (Å²) in [7, 11) is -3.65. The van der Waals surface area contributed by atoms with Crippen molar-refractivity contribution in [1.29, 1.82) is 0 Å². The third-order valence-electron chi connectivity index (χ3n) is 3.77. The number of hydrogen-bond donors (Lipinski definition) is 1. The molecule has 2 rings (SSSR count). The number of ether oxygens (including phenoxy) is 1.